The molecule has 2 aliphatic heterocycles. The van der Waals surface area contributed by atoms with E-state index in [2.05, 4.69) is 42.8 Å². The minimum atomic E-state index is 0.0560. The molecule has 3 atom stereocenters. The molecule has 3 heterocycles. The number of fused-ring (bicyclic) bond motifs is 2. The van der Waals surface area contributed by atoms with Crippen molar-refractivity contribution in [3.8, 4) is 5.75 Å². The monoisotopic (exact) mass is 399 g/mol. The van der Waals surface area contributed by atoms with Crippen LogP contribution in [0.15, 0.2) is 30.5 Å². The van der Waals surface area contributed by atoms with E-state index >= 15 is 0 Å². The Balaban J connectivity index is 1.49. The summed E-state index contributed by atoms with van der Waals surface area (Å²) in [6.07, 6.45) is 2.60. The second-order valence-corrected chi connectivity index (χ2v) is 8.24. The van der Waals surface area contributed by atoms with Crippen LogP contribution >= 0.6 is 11.6 Å². The maximum absolute atomic E-state index is 12.9. The van der Waals surface area contributed by atoms with Crippen molar-refractivity contribution in [2.75, 3.05) is 20.2 Å². The van der Waals surface area contributed by atoms with Crippen molar-refractivity contribution in [2.24, 2.45) is 0 Å². The minimum absolute atomic E-state index is 0.0560. The van der Waals surface area contributed by atoms with E-state index in [0.717, 1.165) is 25.3 Å². The number of piperazine rings is 1. The second-order valence-electron chi connectivity index (χ2n) is 7.85. The molecule has 1 aromatic carbocycles. The van der Waals surface area contributed by atoms with Gasteiger partial charge in [0.1, 0.15) is 10.9 Å². The first-order valence-corrected chi connectivity index (χ1v) is 10.1. The van der Waals surface area contributed by atoms with Gasteiger partial charge in [-0.05, 0) is 62.1 Å². The number of rotatable bonds is 4. The topological polar surface area (TPSA) is 45.7 Å². The molecular weight excluding hydrogens is 374 g/mol. The molecule has 4 rings (SSSR count). The number of benzene rings is 1. The molecule has 2 aliphatic rings. The van der Waals surface area contributed by atoms with Crippen molar-refractivity contribution < 1.29 is 9.53 Å². The van der Waals surface area contributed by atoms with E-state index in [-0.39, 0.29) is 11.9 Å². The quantitative estimate of drug-likeness (QED) is 0.728. The Morgan fingerprint density at radius 2 is 1.96 bits per heavy atom. The molecule has 2 bridgehead atoms. The van der Waals surface area contributed by atoms with Crippen LogP contribution in [0.5, 0.6) is 5.75 Å². The summed E-state index contributed by atoms with van der Waals surface area (Å²) in [6.45, 7) is 8.22. The summed E-state index contributed by atoms with van der Waals surface area (Å²) >= 11 is 5.84. The maximum atomic E-state index is 12.9. The highest BCUT2D eigenvalue weighted by Gasteiger charge is 2.47. The summed E-state index contributed by atoms with van der Waals surface area (Å²) in [7, 11) is 1.71. The van der Waals surface area contributed by atoms with Gasteiger partial charge in [0.25, 0.3) is 5.91 Å². The molecule has 0 unspecified atom stereocenters. The van der Waals surface area contributed by atoms with Crippen molar-refractivity contribution >= 4 is 17.5 Å². The number of carbonyl (C=O) groups excluding carboxylic acids is 1. The van der Waals surface area contributed by atoms with Crippen LogP contribution in [0.3, 0.4) is 0 Å². The van der Waals surface area contributed by atoms with Crippen LogP contribution in [0.25, 0.3) is 0 Å². The first-order valence-electron chi connectivity index (χ1n) is 9.73. The number of methoxy groups -OCH3 is 1. The highest BCUT2D eigenvalue weighted by molar-refractivity contribution is 6.29. The van der Waals surface area contributed by atoms with Crippen LogP contribution in [-0.2, 0) is 0 Å². The number of nitrogens with zero attached hydrogens (tertiary/aromatic N) is 3. The van der Waals surface area contributed by atoms with Gasteiger partial charge in [0.15, 0.2) is 0 Å². The number of carbonyl (C=O) groups is 1. The third kappa shape index (κ3) is 3.16. The lowest BCUT2D eigenvalue weighted by atomic mass is 9.96. The highest BCUT2D eigenvalue weighted by atomic mass is 35.5. The molecule has 28 heavy (non-hydrogen) atoms. The first kappa shape index (κ1) is 19.2. The third-order valence-electron chi connectivity index (χ3n) is 6.47. The third-order valence-corrected chi connectivity index (χ3v) is 6.69. The Labute approximate surface area is 171 Å². The van der Waals surface area contributed by atoms with Gasteiger partial charge in [-0.3, -0.25) is 9.69 Å². The molecule has 1 amide bonds. The predicted octanol–water partition coefficient (Wildman–Crippen LogP) is 4.02. The van der Waals surface area contributed by atoms with Crippen LogP contribution < -0.4 is 4.74 Å². The Kier molecular flexibility index (Phi) is 5.06. The van der Waals surface area contributed by atoms with E-state index in [0.29, 0.717) is 22.8 Å². The molecule has 2 fully saturated rings. The summed E-state index contributed by atoms with van der Waals surface area (Å²) in [6, 6.07) is 8.64. The second kappa shape index (κ2) is 7.37. The summed E-state index contributed by atoms with van der Waals surface area (Å²) in [5.41, 5.74) is 4.43. The Hall–Kier alpha value is -2.11. The summed E-state index contributed by atoms with van der Waals surface area (Å²) in [5, 5.41) is 0.407. The van der Waals surface area contributed by atoms with Crippen LogP contribution in [0, 0.1) is 13.8 Å². The van der Waals surface area contributed by atoms with E-state index in [1.54, 1.807) is 25.4 Å². The molecule has 1 aromatic heterocycles. The van der Waals surface area contributed by atoms with Gasteiger partial charge in [-0.1, -0.05) is 17.7 Å². The van der Waals surface area contributed by atoms with E-state index in [4.69, 9.17) is 16.3 Å². The lowest BCUT2D eigenvalue weighted by Crippen LogP contribution is -2.49. The van der Waals surface area contributed by atoms with E-state index in [1.807, 2.05) is 4.90 Å². The van der Waals surface area contributed by atoms with Gasteiger partial charge in [-0.2, -0.15) is 0 Å². The molecule has 6 heteroatoms. The molecule has 0 N–H and O–H groups in total. The van der Waals surface area contributed by atoms with E-state index < -0.39 is 0 Å². The zero-order chi connectivity index (χ0) is 20.0. The van der Waals surface area contributed by atoms with Gasteiger partial charge in [0.05, 0.1) is 12.7 Å². The summed E-state index contributed by atoms with van der Waals surface area (Å²) < 4.78 is 5.45. The smallest absolute Gasteiger partial charge is 0.255 e. The van der Waals surface area contributed by atoms with Gasteiger partial charge in [-0.15, -0.1) is 0 Å². The van der Waals surface area contributed by atoms with Crippen LogP contribution in [-0.4, -0.2) is 53.0 Å². The SMILES string of the molecule is COc1ccc([C@H](C)N2C[C@@H]3C[C@H]2CN3C(=O)c2ccc(Cl)nc2)c(C)c1C. The van der Waals surface area contributed by atoms with Crippen molar-refractivity contribution in [2.45, 2.75) is 45.3 Å². The molecule has 0 aliphatic carbocycles. The van der Waals surface area contributed by atoms with Gasteiger partial charge in [0.2, 0.25) is 0 Å². The Morgan fingerprint density at radius 3 is 2.57 bits per heavy atom. The zero-order valence-corrected chi connectivity index (χ0v) is 17.5. The minimum Gasteiger partial charge on any atom is -0.496 e. The molecule has 2 saturated heterocycles. The lowest BCUT2D eigenvalue weighted by Gasteiger charge is -2.38. The average molecular weight is 400 g/mol. The fraction of sp³-hybridized carbons (Fsp3) is 0.455. The number of aromatic nitrogens is 1. The van der Waals surface area contributed by atoms with Crippen molar-refractivity contribution in [3.05, 3.63) is 57.9 Å². The van der Waals surface area contributed by atoms with Gasteiger partial charge in [0, 0.05) is 37.4 Å². The standard InChI is InChI=1S/C22H26ClN3O2/c1-13-14(2)20(28-4)7-6-19(13)15(3)25-11-18-9-17(25)12-26(18)22(27)16-5-8-21(23)24-10-16/h5-8,10,15,17-18H,9,11-12H2,1-4H3/t15-,17-,18-/m0/s1. The molecule has 0 spiro atoms. The summed E-state index contributed by atoms with van der Waals surface area (Å²) in [4.78, 5) is 21.5. The van der Waals surface area contributed by atoms with Crippen LogP contribution in [0.4, 0.5) is 0 Å². The zero-order valence-electron chi connectivity index (χ0n) is 16.8. The molecule has 0 saturated carbocycles. The fourth-order valence-corrected chi connectivity index (χ4v) is 4.87. The highest BCUT2D eigenvalue weighted by Crippen LogP contribution is 2.39. The predicted molar refractivity (Wildman–Crippen MR) is 110 cm³/mol. The van der Waals surface area contributed by atoms with Crippen molar-refractivity contribution in [1.29, 1.82) is 0 Å². The van der Waals surface area contributed by atoms with Crippen LogP contribution in [0.1, 0.15) is 46.4 Å². The number of likely N-dealkylation sites (tertiary alicyclic amines) is 2. The number of ether oxygens (including phenoxy) is 1. The van der Waals surface area contributed by atoms with E-state index in [1.165, 1.54) is 16.7 Å². The lowest BCUT2D eigenvalue weighted by molar-refractivity contribution is 0.0568. The normalized spacial score (nSPS) is 22.5. The Bertz CT molecular complexity index is 899. The number of pyridine rings is 1. The fourth-order valence-electron chi connectivity index (χ4n) is 4.76. The number of amides is 1. The maximum Gasteiger partial charge on any atom is 0.255 e. The van der Waals surface area contributed by atoms with Crippen molar-refractivity contribution in [3.63, 3.8) is 0 Å². The molecular formula is C22H26ClN3O2. The number of hydrogen-bond donors (Lipinski definition) is 0. The molecule has 0 radical (unpaired) electrons. The average Bonchev–Trinajstić information content (AvgIpc) is 3.30. The largest absolute Gasteiger partial charge is 0.496 e. The Morgan fingerprint density at radius 1 is 1.18 bits per heavy atom. The molecule has 148 valence electrons. The van der Waals surface area contributed by atoms with Crippen molar-refractivity contribution in [1.82, 2.24) is 14.8 Å². The van der Waals surface area contributed by atoms with Gasteiger partial charge in [-0.25, -0.2) is 4.98 Å². The van der Waals surface area contributed by atoms with E-state index in [9.17, 15) is 4.79 Å². The van der Waals surface area contributed by atoms with Gasteiger partial charge >= 0.3 is 0 Å². The first-order chi connectivity index (χ1) is 13.4. The number of hydrogen-bond acceptors (Lipinski definition) is 4. The summed E-state index contributed by atoms with van der Waals surface area (Å²) in [5.74, 6) is 0.991. The van der Waals surface area contributed by atoms with Gasteiger partial charge < -0.3 is 9.64 Å². The molecule has 5 nitrogen and oxygen atoms in total. The molecule has 2 aromatic rings. The number of halogens is 1. The van der Waals surface area contributed by atoms with Crippen LogP contribution in [0.2, 0.25) is 5.15 Å².